The zero-order valence-electron chi connectivity index (χ0n) is 13.4. The maximum atomic E-state index is 7.53. The van der Waals surface area contributed by atoms with Crippen molar-refractivity contribution in [3.63, 3.8) is 0 Å². The second kappa shape index (κ2) is 5.85. The second-order valence-corrected chi connectivity index (χ2v) is 5.97. The topological polar surface area (TPSA) is 54.8 Å². The Bertz CT molecular complexity index is 989. The van der Waals surface area contributed by atoms with E-state index in [2.05, 4.69) is 53.1 Å². The van der Waals surface area contributed by atoms with Gasteiger partial charge < -0.3 is 15.7 Å². The fourth-order valence-corrected chi connectivity index (χ4v) is 3.52. The average molecular weight is 313 g/mol. The Labute approximate surface area is 141 Å². The maximum absolute atomic E-state index is 7.53. The minimum absolute atomic E-state index is 0.720. The van der Waals surface area contributed by atoms with Gasteiger partial charge in [-0.25, -0.2) is 0 Å². The van der Waals surface area contributed by atoms with Crippen LogP contribution in [0.4, 0.5) is 0 Å². The van der Waals surface area contributed by atoms with Gasteiger partial charge in [0.25, 0.3) is 0 Å². The van der Waals surface area contributed by atoms with Gasteiger partial charge in [0, 0.05) is 34.8 Å². The van der Waals surface area contributed by atoms with E-state index < -0.39 is 0 Å². The molecular formula is C21H19N3. The molecule has 2 aromatic carbocycles. The normalized spacial score (nSPS) is 13.9. The summed E-state index contributed by atoms with van der Waals surface area (Å²) in [4.78, 5) is 0. The zero-order chi connectivity index (χ0) is 16.5. The lowest BCUT2D eigenvalue weighted by Crippen LogP contribution is -2.01. The molecule has 0 saturated carbocycles. The third-order valence-electron chi connectivity index (χ3n) is 4.63. The number of allylic oxidation sites excluding steroid dienone is 2. The number of nitrogens with one attached hydrogen (secondary N) is 1. The van der Waals surface area contributed by atoms with Crippen molar-refractivity contribution in [2.75, 3.05) is 0 Å². The minimum Gasteiger partial charge on any atom is -0.404 e. The van der Waals surface area contributed by atoms with Crippen molar-refractivity contribution >= 4 is 28.8 Å². The smallest absolute Gasteiger partial charge is 0.0537 e. The number of benzene rings is 2. The fourth-order valence-electron chi connectivity index (χ4n) is 3.52. The Balaban J connectivity index is 2.00. The van der Waals surface area contributed by atoms with Crippen LogP contribution in [0.1, 0.15) is 23.2 Å². The lowest BCUT2D eigenvalue weighted by atomic mass is 10.0. The van der Waals surface area contributed by atoms with Gasteiger partial charge in [-0.05, 0) is 48.2 Å². The van der Waals surface area contributed by atoms with Gasteiger partial charge in [0.05, 0.1) is 5.52 Å². The summed E-state index contributed by atoms with van der Waals surface area (Å²) in [5.74, 6) is 0. The van der Waals surface area contributed by atoms with Crippen molar-refractivity contribution in [2.45, 2.75) is 12.8 Å². The van der Waals surface area contributed by atoms with Gasteiger partial charge in [0.15, 0.2) is 0 Å². The highest BCUT2D eigenvalue weighted by atomic mass is 15.0. The van der Waals surface area contributed by atoms with Crippen molar-refractivity contribution in [3.05, 3.63) is 77.6 Å². The summed E-state index contributed by atoms with van der Waals surface area (Å²) in [5.41, 5.74) is 12.3. The van der Waals surface area contributed by atoms with Crippen LogP contribution in [-0.4, -0.2) is 10.8 Å². The molecule has 3 nitrogen and oxygen atoms in total. The molecule has 1 aliphatic rings. The van der Waals surface area contributed by atoms with E-state index in [4.69, 9.17) is 11.1 Å². The summed E-state index contributed by atoms with van der Waals surface area (Å²) in [5, 5.41) is 8.86. The zero-order valence-corrected chi connectivity index (χ0v) is 13.4. The van der Waals surface area contributed by atoms with Crippen molar-refractivity contribution in [2.24, 2.45) is 5.73 Å². The van der Waals surface area contributed by atoms with Crippen LogP contribution in [0.3, 0.4) is 0 Å². The number of aryl methyl sites for hydroxylation is 1. The van der Waals surface area contributed by atoms with E-state index in [1.54, 1.807) is 0 Å². The Morgan fingerprint density at radius 3 is 2.83 bits per heavy atom. The third kappa shape index (κ3) is 2.17. The number of rotatable bonds is 3. The molecule has 0 aliphatic heterocycles. The van der Waals surface area contributed by atoms with Crippen LogP contribution in [0, 0.1) is 5.41 Å². The van der Waals surface area contributed by atoms with Crippen LogP contribution in [0.5, 0.6) is 0 Å². The molecule has 3 heteroatoms. The summed E-state index contributed by atoms with van der Waals surface area (Å²) < 4.78 is 2.31. The predicted octanol–water partition coefficient (Wildman–Crippen LogP) is 4.54. The molecule has 0 atom stereocenters. The van der Waals surface area contributed by atoms with Crippen LogP contribution in [0.25, 0.3) is 28.2 Å². The SMILES string of the molecule is N=CC(=CN)c1cccc(-n2c3c(c4ccccc42)CCC=C3)c1. The van der Waals surface area contributed by atoms with E-state index in [1.165, 1.54) is 34.6 Å². The minimum atomic E-state index is 0.720. The van der Waals surface area contributed by atoms with E-state index in [9.17, 15) is 0 Å². The van der Waals surface area contributed by atoms with Gasteiger partial charge >= 0.3 is 0 Å². The fraction of sp³-hybridized carbons (Fsp3) is 0.0952. The number of aromatic nitrogens is 1. The molecule has 0 spiro atoms. The Morgan fingerprint density at radius 2 is 2.00 bits per heavy atom. The van der Waals surface area contributed by atoms with E-state index in [1.807, 2.05) is 12.1 Å². The number of hydrogen-bond donors (Lipinski definition) is 2. The van der Waals surface area contributed by atoms with Gasteiger partial charge in [0.1, 0.15) is 0 Å². The highest BCUT2D eigenvalue weighted by Crippen LogP contribution is 2.34. The average Bonchev–Trinajstić information content (AvgIpc) is 2.98. The van der Waals surface area contributed by atoms with Gasteiger partial charge in [0.2, 0.25) is 0 Å². The molecule has 0 amide bonds. The number of fused-ring (bicyclic) bond motifs is 3. The Hall–Kier alpha value is -3.07. The lowest BCUT2D eigenvalue weighted by molar-refractivity contribution is 0.967. The lowest BCUT2D eigenvalue weighted by Gasteiger charge is -2.13. The molecule has 3 aromatic rings. The molecule has 3 N–H and O–H groups in total. The summed E-state index contributed by atoms with van der Waals surface area (Å²) in [6.07, 6.45) is 9.41. The quantitative estimate of drug-likeness (QED) is 0.685. The Morgan fingerprint density at radius 1 is 1.12 bits per heavy atom. The summed E-state index contributed by atoms with van der Waals surface area (Å²) >= 11 is 0. The van der Waals surface area contributed by atoms with Crippen LogP contribution >= 0.6 is 0 Å². The molecule has 1 heterocycles. The molecule has 118 valence electrons. The molecule has 1 aromatic heterocycles. The first-order valence-electron chi connectivity index (χ1n) is 8.15. The highest BCUT2D eigenvalue weighted by Gasteiger charge is 2.18. The molecule has 1 aliphatic carbocycles. The van der Waals surface area contributed by atoms with E-state index >= 15 is 0 Å². The maximum Gasteiger partial charge on any atom is 0.0537 e. The molecule has 0 unspecified atom stereocenters. The summed E-state index contributed by atoms with van der Waals surface area (Å²) in [6, 6.07) is 16.8. The predicted molar refractivity (Wildman–Crippen MR) is 102 cm³/mol. The largest absolute Gasteiger partial charge is 0.404 e. The molecule has 0 radical (unpaired) electrons. The molecule has 0 fully saturated rings. The van der Waals surface area contributed by atoms with Gasteiger partial charge in [-0.1, -0.05) is 36.4 Å². The standard InChI is InChI=1S/C21H19N3/c22-13-16(14-23)15-6-5-7-17(12-15)24-20-10-3-1-8-18(20)19-9-2-4-11-21(19)24/h1,3-8,10-14,22H,2,9,23H2. The Kier molecular flexibility index (Phi) is 3.54. The monoisotopic (exact) mass is 313 g/mol. The van der Waals surface area contributed by atoms with Gasteiger partial charge in [-0.2, -0.15) is 0 Å². The van der Waals surface area contributed by atoms with E-state index in [0.29, 0.717) is 0 Å². The summed E-state index contributed by atoms with van der Waals surface area (Å²) in [7, 11) is 0. The molecule has 24 heavy (non-hydrogen) atoms. The second-order valence-electron chi connectivity index (χ2n) is 5.97. The molecule has 0 bridgehead atoms. The van der Waals surface area contributed by atoms with E-state index in [-0.39, 0.29) is 0 Å². The first kappa shape index (κ1) is 14.5. The number of nitrogens with zero attached hydrogens (tertiary/aromatic N) is 1. The van der Waals surface area contributed by atoms with Crippen molar-refractivity contribution in [1.82, 2.24) is 4.57 Å². The first-order chi connectivity index (χ1) is 11.8. The van der Waals surface area contributed by atoms with Crippen LogP contribution < -0.4 is 5.73 Å². The van der Waals surface area contributed by atoms with Crippen LogP contribution in [-0.2, 0) is 6.42 Å². The van der Waals surface area contributed by atoms with Crippen LogP contribution in [0.15, 0.2) is 60.8 Å². The molecule has 4 rings (SSSR count). The number of hydrogen-bond acceptors (Lipinski definition) is 2. The number of para-hydroxylation sites is 1. The summed E-state index contributed by atoms with van der Waals surface area (Å²) in [6.45, 7) is 0. The highest BCUT2D eigenvalue weighted by molar-refractivity contribution is 6.08. The molecular weight excluding hydrogens is 294 g/mol. The van der Waals surface area contributed by atoms with E-state index in [0.717, 1.165) is 29.7 Å². The first-order valence-corrected chi connectivity index (χ1v) is 8.15. The van der Waals surface area contributed by atoms with Crippen molar-refractivity contribution in [1.29, 1.82) is 5.41 Å². The third-order valence-corrected chi connectivity index (χ3v) is 4.63. The van der Waals surface area contributed by atoms with Crippen molar-refractivity contribution in [3.8, 4) is 5.69 Å². The van der Waals surface area contributed by atoms with Crippen LogP contribution in [0.2, 0.25) is 0 Å². The van der Waals surface area contributed by atoms with Gasteiger partial charge in [-0.3, -0.25) is 0 Å². The molecule has 0 saturated heterocycles. The van der Waals surface area contributed by atoms with Crippen molar-refractivity contribution < 1.29 is 0 Å². The number of nitrogens with two attached hydrogens (primary N) is 1. The van der Waals surface area contributed by atoms with Gasteiger partial charge in [-0.15, -0.1) is 0 Å².